The Balaban J connectivity index is 2.13. The van der Waals surface area contributed by atoms with Crippen LogP contribution in [0, 0.1) is 9.39 Å². The zero-order chi connectivity index (χ0) is 14.1. The molecule has 0 unspecified atom stereocenters. The van der Waals surface area contributed by atoms with Gasteiger partial charge >= 0.3 is 0 Å². The van der Waals surface area contributed by atoms with Gasteiger partial charge in [-0.05, 0) is 41.5 Å². The average molecular weight is 407 g/mol. The number of nitrogens with zero attached hydrogens (tertiary/aromatic N) is 2. The fraction of sp³-hybridized carbons (Fsp3) is 0.533. The van der Waals surface area contributed by atoms with Crippen molar-refractivity contribution in [3.8, 4) is 0 Å². The number of rotatable bonds is 2. The molecule has 108 valence electrons. The van der Waals surface area contributed by atoms with Crippen molar-refractivity contribution >= 4 is 45.2 Å². The summed E-state index contributed by atoms with van der Waals surface area (Å²) in [7, 11) is 0. The van der Waals surface area contributed by atoms with Gasteiger partial charge in [0.25, 0.3) is 0 Å². The highest BCUT2D eigenvalue weighted by Gasteiger charge is 2.21. The molecule has 3 rings (SSSR count). The van der Waals surface area contributed by atoms with Gasteiger partial charge in [0.05, 0.1) is 20.5 Å². The Labute approximate surface area is 136 Å². The van der Waals surface area contributed by atoms with Gasteiger partial charge in [0.15, 0.2) is 0 Å². The second kappa shape index (κ2) is 6.18. The van der Waals surface area contributed by atoms with Gasteiger partial charge in [-0.3, -0.25) is 0 Å². The molecule has 1 fully saturated rings. The van der Waals surface area contributed by atoms with Crippen LogP contribution in [0.3, 0.4) is 0 Å². The maximum absolute atomic E-state index is 13.9. The van der Waals surface area contributed by atoms with E-state index >= 15 is 0 Å². The molecule has 5 heteroatoms. The predicted octanol–water partition coefficient (Wildman–Crippen LogP) is 5.41. The van der Waals surface area contributed by atoms with Crippen molar-refractivity contribution < 1.29 is 4.39 Å². The maximum Gasteiger partial charge on any atom is 0.138 e. The molecule has 0 N–H and O–H groups in total. The Morgan fingerprint density at radius 1 is 1.25 bits per heavy atom. The van der Waals surface area contributed by atoms with Gasteiger partial charge in [0.1, 0.15) is 11.6 Å². The Kier molecular flexibility index (Phi) is 4.50. The van der Waals surface area contributed by atoms with Crippen molar-refractivity contribution in [1.82, 2.24) is 9.55 Å². The molecular formula is C15H17ClFIN2. The van der Waals surface area contributed by atoms with E-state index in [4.69, 9.17) is 11.6 Å². The van der Waals surface area contributed by atoms with E-state index in [1.807, 2.05) is 28.7 Å². The third-order valence-electron chi connectivity index (χ3n) is 4.11. The van der Waals surface area contributed by atoms with Crippen LogP contribution in [-0.2, 0) is 5.88 Å². The molecule has 0 atom stereocenters. The summed E-state index contributed by atoms with van der Waals surface area (Å²) in [6.45, 7) is 0. The first-order chi connectivity index (χ1) is 9.70. The quantitative estimate of drug-likeness (QED) is 0.370. The number of benzene rings is 1. The molecule has 0 bridgehead atoms. The molecule has 1 aliphatic rings. The Morgan fingerprint density at radius 3 is 2.60 bits per heavy atom. The lowest BCUT2D eigenvalue weighted by Crippen LogP contribution is -2.11. The molecule has 1 heterocycles. The van der Waals surface area contributed by atoms with Crippen LogP contribution in [0.4, 0.5) is 4.39 Å². The van der Waals surface area contributed by atoms with Gasteiger partial charge in [0.2, 0.25) is 0 Å². The highest BCUT2D eigenvalue weighted by atomic mass is 127. The van der Waals surface area contributed by atoms with Gasteiger partial charge < -0.3 is 4.57 Å². The first-order valence-corrected chi connectivity index (χ1v) is 8.74. The summed E-state index contributed by atoms with van der Waals surface area (Å²) in [5.41, 5.74) is 1.75. The van der Waals surface area contributed by atoms with Crippen LogP contribution in [0.2, 0.25) is 0 Å². The number of aromatic nitrogens is 2. The fourth-order valence-electron chi connectivity index (χ4n) is 3.16. The largest absolute Gasteiger partial charge is 0.324 e. The van der Waals surface area contributed by atoms with Crippen LogP contribution in [0.5, 0.6) is 0 Å². The molecule has 20 heavy (non-hydrogen) atoms. The van der Waals surface area contributed by atoms with Crippen LogP contribution in [0.15, 0.2) is 12.1 Å². The van der Waals surface area contributed by atoms with Crippen molar-refractivity contribution in [2.75, 3.05) is 0 Å². The lowest BCUT2D eigenvalue weighted by Gasteiger charge is -2.19. The van der Waals surface area contributed by atoms with E-state index in [-0.39, 0.29) is 5.82 Å². The molecular weight excluding hydrogens is 390 g/mol. The smallest absolute Gasteiger partial charge is 0.138 e. The van der Waals surface area contributed by atoms with E-state index in [9.17, 15) is 4.39 Å². The van der Waals surface area contributed by atoms with E-state index in [0.717, 1.165) is 29.7 Å². The highest BCUT2D eigenvalue weighted by molar-refractivity contribution is 14.1. The van der Waals surface area contributed by atoms with Crippen LogP contribution in [0.25, 0.3) is 11.0 Å². The normalized spacial score (nSPS) is 17.6. The molecule has 0 saturated heterocycles. The minimum atomic E-state index is -0.172. The zero-order valence-electron chi connectivity index (χ0n) is 11.2. The summed E-state index contributed by atoms with van der Waals surface area (Å²) >= 11 is 8.07. The third-order valence-corrected chi connectivity index (χ3v) is 5.18. The number of halogens is 3. The van der Waals surface area contributed by atoms with E-state index < -0.39 is 0 Å². The van der Waals surface area contributed by atoms with Crippen molar-refractivity contribution in [1.29, 1.82) is 0 Å². The molecule has 2 aromatic rings. The zero-order valence-corrected chi connectivity index (χ0v) is 14.1. The molecule has 1 aromatic carbocycles. The summed E-state index contributed by atoms with van der Waals surface area (Å²) in [5.74, 6) is 1.08. The number of fused-ring (bicyclic) bond motifs is 1. The first kappa shape index (κ1) is 14.6. The molecule has 0 radical (unpaired) electrons. The number of hydrogen-bond acceptors (Lipinski definition) is 1. The Bertz CT molecular complexity index is 618. The molecule has 2 nitrogen and oxygen atoms in total. The standard InChI is InChI=1S/C15H17ClFIN2/c16-9-15-19-13-8-12(18)11(17)7-14(13)20(15)10-5-3-1-2-4-6-10/h7-8,10H,1-6,9H2. The van der Waals surface area contributed by atoms with Gasteiger partial charge in [-0.15, -0.1) is 11.6 Å². The first-order valence-electron chi connectivity index (χ1n) is 7.12. The van der Waals surface area contributed by atoms with Gasteiger partial charge in [-0.2, -0.15) is 0 Å². The van der Waals surface area contributed by atoms with Crippen LogP contribution in [-0.4, -0.2) is 9.55 Å². The Morgan fingerprint density at radius 2 is 1.95 bits per heavy atom. The van der Waals surface area contributed by atoms with Gasteiger partial charge in [-0.25, -0.2) is 9.37 Å². The maximum atomic E-state index is 13.9. The highest BCUT2D eigenvalue weighted by Crippen LogP contribution is 2.33. The van der Waals surface area contributed by atoms with E-state index in [1.54, 1.807) is 6.07 Å². The SMILES string of the molecule is Fc1cc2c(cc1I)nc(CCl)n2C1CCCCCC1. The van der Waals surface area contributed by atoms with E-state index in [2.05, 4.69) is 9.55 Å². The van der Waals surface area contributed by atoms with Crippen molar-refractivity contribution in [3.05, 3.63) is 27.3 Å². The van der Waals surface area contributed by atoms with E-state index in [0.29, 0.717) is 15.5 Å². The average Bonchev–Trinajstić information content (AvgIpc) is 2.63. The van der Waals surface area contributed by atoms with Crippen LogP contribution < -0.4 is 0 Å². The fourth-order valence-corrected chi connectivity index (χ4v) is 3.80. The van der Waals surface area contributed by atoms with Crippen molar-refractivity contribution in [2.45, 2.75) is 50.4 Å². The summed E-state index contributed by atoms with van der Waals surface area (Å²) < 4.78 is 16.7. The van der Waals surface area contributed by atoms with Crippen LogP contribution >= 0.6 is 34.2 Å². The number of hydrogen-bond donors (Lipinski definition) is 0. The molecule has 1 aliphatic carbocycles. The second-order valence-corrected chi connectivity index (χ2v) is 6.86. The van der Waals surface area contributed by atoms with Gasteiger partial charge in [0, 0.05) is 12.1 Å². The summed E-state index contributed by atoms with van der Waals surface area (Å²) in [6.07, 6.45) is 7.35. The molecule has 0 amide bonds. The number of alkyl halides is 1. The van der Waals surface area contributed by atoms with E-state index in [1.165, 1.54) is 25.7 Å². The van der Waals surface area contributed by atoms with Crippen LogP contribution in [0.1, 0.15) is 50.4 Å². The van der Waals surface area contributed by atoms with Crippen molar-refractivity contribution in [2.24, 2.45) is 0 Å². The molecule has 1 saturated carbocycles. The third kappa shape index (κ3) is 2.69. The summed E-state index contributed by atoms with van der Waals surface area (Å²) in [4.78, 5) is 4.60. The molecule has 0 aliphatic heterocycles. The molecule has 0 spiro atoms. The summed E-state index contributed by atoms with van der Waals surface area (Å²) in [5, 5.41) is 0. The lowest BCUT2D eigenvalue weighted by atomic mass is 10.1. The van der Waals surface area contributed by atoms with Crippen molar-refractivity contribution in [3.63, 3.8) is 0 Å². The van der Waals surface area contributed by atoms with Gasteiger partial charge in [-0.1, -0.05) is 25.7 Å². The minimum absolute atomic E-state index is 0.172. The topological polar surface area (TPSA) is 17.8 Å². The lowest BCUT2D eigenvalue weighted by molar-refractivity contribution is 0.444. The monoisotopic (exact) mass is 406 g/mol. The Hall–Kier alpha value is -0.360. The minimum Gasteiger partial charge on any atom is -0.324 e. The summed E-state index contributed by atoms with van der Waals surface area (Å²) in [6, 6.07) is 3.84. The number of imidazole rings is 1. The molecule has 1 aromatic heterocycles. The second-order valence-electron chi connectivity index (χ2n) is 5.43. The predicted molar refractivity (Wildman–Crippen MR) is 88.7 cm³/mol.